The van der Waals surface area contributed by atoms with Crippen molar-refractivity contribution in [3.05, 3.63) is 76.5 Å². The number of alkyl halides is 3. The first kappa shape index (κ1) is 20.9. The van der Waals surface area contributed by atoms with Crippen LogP contribution in [0.1, 0.15) is 20.3 Å². The number of benzene rings is 1. The summed E-state index contributed by atoms with van der Waals surface area (Å²) >= 11 is 7.31. The molecule has 0 aromatic heterocycles. The van der Waals surface area contributed by atoms with Gasteiger partial charge in [-0.1, -0.05) is 68.3 Å². The molecule has 0 radical (unpaired) electrons. The SMILES string of the molecule is CC1(Br)C=CC2=C(C1)C1C=C(Br)C=CC1(C)N2CC(F)(F)COc1ccccc1. The van der Waals surface area contributed by atoms with Gasteiger partial charge in [-0.25, -0.2) is 8.78 Å². The number of hydrogen-bond acceptors (Lipinski definition) is 2. The van der Waals surface area contributed by atoms with Crippen molar-refractivity contribution < 1.29 is 13.5 Å². The lowest BCUT2D eigenvalue weighted by Crippen LogP contribution is -2.51. The highest BCUT2D eigenvalue weighted by atomic mass is 79.9. The van der Waals surface area contributed by atoms with E-state index in [-0.39, 0.29) is 10.2 Å². The normalized spacial score (nSPS) is 30.9. The van der Waals surface area contributed by atoms with E-state index in [2.05, 4.69) is 50.9 Å². The molecule has 1 heterocycles. The molecule has 0 saturated carbocycles. The number of rotatable bonds is 5. The largest absolute Gasteiger partial charge is 0.487 e. The smallest absolute Gasteiger partial charge is 0.298 e. The Hall–Kier alpha value is -1.40. The predicted octanol–water partition coefficient (Wildman–Crippen LogP) is 6.61. The Morgan fingerprint density at radius 3 is 2.62 bits per heavy atom. The molecule has 0 spiro atoms. The van der Waals surface area contributed by atoms with Gasteiger partial charge in [0, 0.05) is 20.4 Å². The van der Waals surface area contributed by atoms with E-state index in [0.717, 1.165) is 16.6 Å². The Morgan fingerprint density at radius 1 is 1.17 bits per heavy atom. The minimum atomic E-state index is -3.00. The second-order valence-electron chi connectivity index (χ2n) is 8.33. The molecule has 2 aliphatic carbocycles. The molecule has 0 saturated heterocycles. The molecule has 3 atom stereocenters. The van der Waals surface area contributed by atoms with Crippen LogP contribution in [0.4, 0.5) is 8.78 Å². The second-order valence-corrected chi connectivity index (χ2v) is 11.1. The molecule has 1 aliphatic heterocycles. The monoisotopic (exact) mass is 525 g/mol. The Bertz CT molecular complexity index is 920. The molecule has 1 aromatic rings. The van der Waals surface area contributed by atoms with Gasteiger partial charge in [-0.05, 0) is 50.1 Å². The van der Waals surface area contributed by atoms with Crippen molar-refractivity contribution in [2.75, 3.05) is 13.2 Å². The molecule has 4 rings (SSSR count). The molecule has 1 aromatic carbocycles. The van der Waals surface area contributed by atoms with Crippen molar-refractivity contribution in [3.8, 4) is 5.75 Å². The zero-order valence-electron chi connectivity index (χ0n) is 16.3. The van der Waals surface area contributed by atoms with Crippen LogP contribution in [0.5, 0.6) is 5.75 Å². The number of para-hydroxylation sites is 1. The maximum Gasteiger partial charge on any atom is 0.298 e. The van der Waals surface area contributed by atoms with E-state index < -0.39 is 24.6 Å². The van der Waals surface area contributed by atoms with Crippen LogP contribution in [-0.4, -0.2) is 33.8 Å². The molecule has 3 unspecified atom stereocenters. The van der Waals surface area contributed by atoms with Crippen LogP contribution >= 0.6 is 31.9 Å². The van der Waals surface area contributed by atoms with Crippen LogP contribution in [0.15, 0.2) is 76.5 Å². The molecular weight excluding hydrogens is 504 g/mol. The molecule has 0 fully saturated rings. The molecule has 0 bridgehead atoms. The average molecular weight is 527 g/mol. The topological polar surface area (TPSA) is 12.5 Å². The fourth-order valence-corrected chi connectivity index (χ4v) is 5.19. The lowest BCUT2D eigenvalue weighted by atomic mass is 9.77. The average Bonchev–Trinajstić information content (AvgIpc) is 2.88. The number of fused-ring (bicyclic) bond motifs is 2. The van der Waals surface area contributed by atoms with Crippen LogP contribution in [0.25, 0.3) is 0 Å². The molecule has 0 amide bonds. The number of hydrogen-bond donors (Lipinski definition) is 0. The van der Waals surface area contributed by atoms with Crippen molar-refractivity contribution in [2.24, 2.45) is 5.92 Å². The Balaban J connectivity index is 1.61. The van der Waals surface area contributed by atoms with E-state index in [1.54, 1.807) is 24.3 Å². The lowest BCUT2D eigenvalue weighted by molar-refractivity contribution is -0.0696. The fraction of sp³-hybridized carbons (Fsp3) is 0.391. The van der Waals surface area contributed by atoms with E-state index >= 15 is 8.78 Å². The fourth-order valence-electron chi connectivity index (χ4n) is 4.36. The third kappa shape index (κ3) is 4.11. The molecule has 3 aliphatic rings. The van der Waals surface area contributed by atoms with Crippen LogP contribution < -0.4 is 4.74 Å². The van der Waals surface area contributed by atoms with Gasteiger partial charge in [0.05, 0.1) is 12.1 Å². The first-order valence-electron chi connectivity index (χ1n) is 9.61. The summed E-state index contributed by atoms with van der Waals surface area (Å²) in [5.74, 6) is -2.50. The quantitative estimate of drug-likeness (QED) is 0.400. The Labute approximate surface area is 187 Å². The number of ether oxygens (including phenoxy) is 1. The highest BCUT2D eigenvalue weighted by molar-refractivity contribution is 9.11. The molecule has 6 heteroatoms. The molecular formula is C23H23Br2F2NO. The first-order chi connectivity index (χ1) is 13.6. The van der Waals surface area contributed by atoms with Gasteiger partial charge in [-0.2, -0.15) is 0 Å². The third-order valence-electron chi connectivity index (χ3n) is 5.82. The summed E-state index contributed by atoms with van der Waals surface area (Å²) in [7, 11) is 0. The van der Waals surface area contributed by atoms with Gasteiger partial charge in [0.15, 0.2) is 6.61 Å². The van der Waals surface area contributed by atoms with Crippen LogP contribution in [-0.2, 0) is 0 Å². The third-order valence-corrected chi connectivity index (χ3v) is 6.89. The number of nitrogens with zero attached hydrogens (tertiary/aromatic N) is 1. The van der Waals surface area contributed by atoms with Crippen LogP contribution in [0.3, 0.4) is 0 Å². The van der Waals surface area contributed by atoms with Crippen molar-refractivity contribution in [1.29, 1.82) is 0 Å². The summed E-state index contributed by atoms with van der Waals surface area (Å²) in [6, 6.07) is 8.77. The van der Waals surface area contributed by atoms with Crippen molar-refractivity contribution >= 4 is 31.9 Å². The highest BCUT2D eigenvalue weighted by Gasteiger charge is 2.52. The van der Waals surface area contributed by atoms with Gasteiger partial charge in [0.1, 0.15) is 5.75 Å². The zero-order valence-corrected chi connectivity index (χ0v) is 19.5. The summed E-state index contributed by atoms with van der Waals surface area (Å²) in [5.41, 5.74) is 1.56. The first-order valence-corrected chi connectivity index (χ1v) is 11.2. The summed E-state index contributed by atoms with van der Waals surface area (Å²) in [6.45, 7) is 3.09. The van der Waals surface area contributed by atoms with Gasteiger partial charge < -0.3 is 9.64 Å². The van der Waals surface area contributed by atoms with Crippen molar-refractivity contribution in [3.63, 3.8) is 0 Å². The minimum Gasteiger partial charge on any atom is -0.487 e. The van der Waals surface area contributed by atoms with Gasteiger partial charge in [0.2, 0.25) is 0 Å². The van der Waals surface area contributed by atoms with Crippen LogP contribution in [0.2, 0.25) is 0 Å². The molecule has 2 nitrogen and oxygen atoms in total. The van der Waals surface area contributed by atoms with E-state index in [1.165, 1.54) is 5.57 Å². The van der Waals surface area contributed by atoms with Gasteiger partial charge in [-0.15, -0.1) is 0 Å². The van der Waals surface area contributed by atoms with E-state index in [9.17, 15) is 0 Å². The van der Waals surface area contributed by atoms with Crippen molar-refractivity contribution in [2.45, 2.75) is 36.1 Å². The minimum absolute atomic E-state index is 0.0459. The van der Waals surface area contributed by atoms with E-state index in [0.29, 0.717) is 5.75 Å². The van der Waals surface area contributed by atoms with Crippen molar-refractivity contribution in [1.82, 2.24) is 4.90 Å². The van der Waals surface area contributed by atoms with Crippen LogP contribution in [0, 0.1) is 5.92 Å². The molecule has 0 N–H and O–H groups in total. The Morgan fingerprint density at radius 2 is 1.90 bits per heavy atom. The Kier molecular flexibility index (Phi) is 5.31. The highest BCUT2D eigenvalue weighted by Crippen LogP contribution is 2.53. The van der Waals surface area contributed by atoms with E-state index in [1.807, 2.05) is 36.1 Å². The summed E-state index contributed by atoms with van der Waals surface area (Å²) < 4.78 is 36.2. The summed E-state index contributed by atoms with van der Waals surface area (Å²) in [5, 5.41) is 0. The second kappa shape index (κ2) is 7.38. The predicted molar refractivity (Wildman–Crippen MR) is 120 cm³/mol. The summed E-state index contributed by atoms with van der Waals surface area (Å²) in [4.78, 5) is 1.85. The standard InChI is InChI=1S/C23H23Br2F2NO/c1-21(25)10-9-20-18(13-21)19-12-16(24)8-11-22(19,2)28(20)14-23(26,27)15-29-17-6-4-3-5-7-17/h3-12,19H,13-15H2,1-2H3. The van der Waals surface area contributed by atoms with Gasteiger partial charge in [-0.3, -0.25) is 0 Å². The maximum atomic E-state index is 15.0. The maximum absolute atomic E-state index is 15.0. The number of allylic oxidation sites excluding steroid dienone is 4. The number of halogens is 4. The van der Waals surface area contributed by atoms with Gasteiger partial charge >= 0.3 is 0 Å². The lowest BCUT2D eigenvalue weighted by Gasteiger charge is -2.42. The molecule has 154 valence electrons. The molecule has 29 heavy (non-hydrogen) atoms. The summed E-state index contributed by atoms with van der Waals surface area (Å²) in [6.07, 6.45) is 11.0. The van der Waals surface area contributed by atoms with Gasteiger partial charge in [0.25, 0.3) is 5.92 Å². The zero-order chi connectivity index (χ0) is 20.9. The van der Waals surface area contributed by atoms with E-state index in [4.69, 9.17) is 4.74 Å².